The highest BCUT2D eigenvalue weighted by molar-refractivity contribution is 7.57. The second-order valence-electron chi connectivity index (χ2n) is 2.48. The van der Waals surface area contributed by atoms with Crippen LogP contribution in [0, 0.1) is 0 Å². The molecule has 0 atom stereocenters. The molecule has 5 heteroatoms. The van der Waals surface area contributed by atoms with E-state index < -0.39 is 7.60 Å². The largest absolute Gasteiger partial charge is 0.356 e. The zero-order valence-electron chi connectivity index (χ0n) is 8.03. The van der Waals surface area contributed by atoms with E-state index in [9.17, 15) is 8.96 Å². The first-order chi connectivity index (χ1) is 6.18. The van der Waals surface area contributed by atoms with Crippen molar-refractivity contribution in [2.75, 3.05) is 13.2 Å². The molecule has 0 rings (SSSR count). The Morgan fingerprint density at radius 1 is 1.23 bits per heavy atom. The van der Waals surface area contributed by atoms with E-state index in [4.69, 9.17) is 9.05 Å². The van der Waals surface area contributed by atoms with Crippen molar-refractivity contribution in [3.8, 4) is 0 Å². The van der Waals surface area contributed by atoms with Crippen LogP contribution >= 0.6 is 7.60 Å². The van der Waals surface area contributed by atoms with Crippen LogP contribution in [-0.4, -0.2) is 13.2 Å². The molecule has 0 aromatic heterocycles. The summed E-state index contributed by atoms with van der Waals surface area (Å²) in [4.78, 5) is 0. The van der Waals surface area contributed by atoms with Crippen LogP contribution in [0.5, 0.6) is 0 Å². The average Bonchev–Trinajstić information content (AvgIpc) is 2.12. The van der Waals surface area contributed by atoms with Gasteiger partial charge in [-0.1, -0.05) is 13.8 Å². The fraction of sp³-hybridized carbons (Fsp3) is 0.750. The Labute approximate surface area is 78.5 Å². The van der Waals surface area contributed by atoms with Gasteiger partial charge in [-0.05, 0) is 12.8 Å². The van der Waals surface area contributed by atoms with Crippen molar-refractivity contribution in [3.05, 3.63) is 12.1 Å². The van der Waals surface area contributed by atoms with Crippen molar-refractivity contribution in [1.82, 2.24) is 0 Å². The summed E-state index contributed by atoms with van der Waals surface area (Å²) >= 11 is 0. The van der Waals surface area contributed by atoms with Crippen LogP contribution in [-0.2, 0) is 13.6 Å². The molecule has 0 bridgehead atoms. The minimum atomic E-state index is -3.31. The van der Waals surface area contributed by atoms with Crippen LogP contribution in [0.2, 0.25) is 0 Å². The highest BCUT2D eigenvalue weighted by Crippen LogP contribution is 2.49. The SMILES string of the molecule is CCCOP(=O)(C=CF)OCCC. The van der Waals surface area contributed by atoms with Gasteiger partial charge in [0.25, 0.3) is 0 Å². The third-order valence-electron chi connectivity index (χ3n) is 1.19. The maximum atomic E-state index is 11.8. The van der Waals surface area contributed by atoms with Crippen LogP contribution in [0.3, 0.4) is 0 Å². The summed E-state index contributed by atoms with van der Waals surface area (Å²) in [5.74, 6) is 0.846. The molecule has 0 N–H and O–H groups in total. The minimum Gasteiger partial charge on any atom is -0.306 e. The van der Waals surface area contributed by atoms with Crippen LogP contribution < -0.4 is 0 Å². The van der Waals surface area contributed by atoms with Gasteiger partial charge in [0.15, 0.2) is 0 Å². The Morgan fingerprint density at radius 2 is 1.69 bits per heavy atom. The van der Waals surface area contributed by atoms with Crippen LogP contribution in [0.25, 0.3) is 0 Å². The lowest BCUT2D eigenvalue weighted by Gasteiger charge is -2.13. The van der Waals surface area contributed by atoms with Crippen molar-refractivity contribution in [3.63, 3.8) is 0 Å². The fourth-order valence-electron chi connectivity index (χ4n) is 0.629. The Bertz CT molecular complexity index is 182. The monoisotopic (exact) mass is 210 g/mol. The third kappa shape index (κ3) is 5.97. The van der Waals surface area contributed by atoms with Gasteiger partial charge < -0.3 is 9.05 Å². The summed E-state index contributed by atoms with van der Waals surface area (Å²) < 4.78 is 33.2. The van der Waals surface area contributed by atoms with Gasteiger partial charge in [-0.2, -0.15) is 0 Å². The molecule has 0 radical (unpaired) electrons. The highest BCUT2D eigenvalue weighted by atomic mass is 31.2. The van der Waals surface area contributed by atoms with E-state index in [1.54, 1.807) is 0 Å². The maximum absolute atomic E-state index is 11.8. The predicted molar refractivity (Wildman–Crippen MR) is 50.3 cm³/mol. The molecule has 0 saturated heterocycles. The number of halogens is 1. The quantitative estimate of drug-likeness (QED) is 0.603. The smallest absolute Gasteiger partial charge is 0.306 e. The lowest BCUT2D eigenvalue weighted by atomic mass is 10.5. The summed E-state index contributed by atoms with van der Waals surface area (Å²) in [5.41, 5.74) is 0. The standard InChI is InChI=1S/C8H16FO3P/c1-3-6-11-13(10,8-5-9)12-7-4-2/h5,8H,3-4,6-7H2,1-2H3. The zero-order chi connectivity index (χ0) is 10.2. The number of rotatable bonds is 7. The number of hydrogen-bond acceptors (Lipinski definition) is 3. The van der Waals surface area contributed by atoms with E-state index in [0.29, 0.717) is 13.2 Å². The molecule has 0 aromatic rings. The van der Waals surface area contributed by atoms with Crippen molar-refractivity contribution in [2.45, 2.75) is 26.7 Å². The summed E-state index contributed by atoms with van der Waals surface area (Å²) in [5, 5.41) is 0. The van der Waals surface area contributed by atoms with Gasteiger partial charge >= 0.3 is 7.60 Å². The Morgan fingerprint density at radius 3 is 2.00 bits per heavy atom. The van der Waals surface area contributed by atoms with E-state index in [0.717, 1.165) is 18.7 Å². The Balaban J connectivity index is 4.08. The molecule has 0 aliphatic carbocycles. The molecule has 0 fully saturated rings. The molecule has 0 amide bonds. The van der Waals surface area contributed by atoms with Crippen LogP contribution in [0.4, 0.5) is 4.39 Å². The highest BCUT2D eigenvalue weighted by Gasteiger charge is 2.19. The van der Waals surface area contributed by atoms with Crippen molar-refractivity contribution in [2.24, 2.45) is 0 Å². The van der Waals surface area contributed by atoms with E-state index in [-0.39, 0.29) is 6.33 Å². The topological polar surface area (TPSA) is 35.5 Å². The Kier molecular flexibility index (Phi) is 7.14. The predicted octanol–water partition coefficient (Wildman–Crippen LogP) is 3.47. The molecule has 0 aliphatic rings. The number of hydrogen-bond donors (Lipinski definition) is 0. The molecule has 78 valence electrons. The lowest BCUT2D eigenvalue weighted by molar-refractivity contribution is 0.212. The summed E-state index contributed by atoms with van der Waals surface area (Å²) in [6.07, 6.45) is 1.64. The van der Waals surface area contributed by atoms with Crippen molar-refractivity contribution in [1.29, 1.82) is 0 Å². The lowest BCUT2D eigenvalue weighted by Crippen LogP contribution is -1.95. The van der Waals surface area contributed by atoms with Gasteiger partial charge in [0.05, 0.1) is 25.4 Å². The molecule has 0 spiro atoms. The van der Waals surface area contributed by atoms with Gasteiger partial charge in [0.2, 0.25) is 0 Å². The summed E-state index contributed by atoms with van der Waals surface area (Å²) in [6, 6.07) is 0. The second kappa shape index (κ2) is 7.25. The third-order valence-corrected chi connectivity index (χ3v) is 2.75. The molecule has 0 heterocycles. The van der Waals surface area contributed by atoms with Gasteiger partial charge in [-0.25, -0.2) is 4.39 Å². The molecule has 0 unspecified atom stereocenters. The molecular weight excluding hydrogens is 194 g/mol. The Hall–Kier alpha value is -0.180. The van der Waals surface area contributed by atoms with Crippen LogP contribution in [0.1, 0.15) is 26.7 Å². The normalized spacial score (nSPS) is 12.5. The van der Waals surface area contributed by atoms with Gasteiger partial charge in [0.1, 0.15) is 0 Å². The second-order valence-corrected chi connectivity index (χ2v) is 4.38. The first-order valence-electron chi connectivity index (χ1n) is 4.35. The molecule has 13 heavy (non-hydrogen) atoms. The summed E-state index contributed by atoms with van der Waals surface area (Å²) in [6.45, 7) is 4.38. The minimum absolute atomic E-state index is 0.200. The molecule has 3 nitrogen and oxygen atoms in total. The molecule has 0 saturated carbocycles. The van der Waals surface area contributed by atoms with Crippen molar-refractivity contribution >= 4 is 7.60 Å². The fourth-order valence-corrected chi connectivity index (χ4v) is 1.89. The van der Waals surface area contributed by atoms with E-state index in [1.807, 2.05) is 13.8 Å². The zero-order valence-corrected chi connectivity index (χ0v) is 8.93. The van der Waals surface area contributed by atoms with Crippen LogP contribution in [0.15, 0.2) is 12.1 Å². The van der Waals surface area contributed by atoms with E-state index in [1.165, 1.54) is 0 Å². The molecule has 0 aromatic carbocycles. The summed E-state index contributed by atoms with van der Waals surface area (Å²) in [7, 11) is -3.31. The van der Waals surface area contributed by atoms with Crippen molar-refractivity contribution < 1.29 is 18.0 Å². The van der Waals surface area contributed by atoms with Gasteiger partial charge in [-0.15, -0.1) is 0 Å². The van der Waals surface area contributed by atoms with E-state index >= 15 is 0 Å². The first kappa shape index (κ1) is 12.8. The van der Waals surface area contributed by atoms with Gasteiger partial charge in [0, 0.05) is 0 Å². The first-order valence-corrected chi connectivity index (χ1v) is 5.96. The van der Waals surface area contributed by atoms with E-state index in [2.05, 4.69) is 0 Å². The average molecular weight is 210 g/mol. The molecular formula is C8H16FO3P. The van der Waals surface area contributed by atoms with Gasteiger partial charge in [-0.3, -0.25) is 4.57 Å². The molecule has 0 aliphatic heterocycles. The maximum Gasteiger partial charge on any atom is 0.356 e.